The second-order valence-electron chi connectivity index (χ2n) is 13.6. The van der Waals surface area contributed by atoms with E-state index in [0.29, 0.717) is 38.6 Å². The highest BCUT2D eigenvalue weighted by atomic mass is 79.9. The van der Waals surface area contributed by atoms with Crippen LogP contribution < -0.4 is 21.7 Å². The van der Waals surface area contributed by atoms with Gasteiger partial charge in [-0.15, -0.1) is 0 Å². The van der Waals surface area contributed by atoms with E-state index in [9.17, 15) is 29.1 Å². The standard InChI is InChI=1S/C23H34N4O4.C15H15Br2NO3/c24-21(29)23(9-4-5-10-23)22(30)26-19(17-18-7-2-1-3-8-18)20(28)25-11-6-12-27-13-15-31-16-14-27;16-11-5-3-10(9-12(11)17)4-6-13(19)18-15(14(20)21)7-1-2-8-15/h1-3,7-8,19H,4-6,9-17H2,(H2,24,29)(H,25,28)(H,26,30);3-6,9H,1-2,7-8H2,(H,18,19)(H,20,21). The van der Waals surface area contributed by atoms with Crippen LogP contribution >= 0.6 is 31.9 Å². The van der Waals surface area contributed by atoms with Crippen molar-refractivity contribution in [2.24, 2.45) is 11.1 Å². The Bertz CT molecular complexity index is 1570. The summed E-state index contributed by atoms with van der Waals surface area (Å²) in [6, 6.07) is 14.4. The molecule has 2 aromatic rings. The molecule has 0 bridgehead atoms. The van der Waals surface area contributed by atoms with Gasteiger partial charge in [0.05, 0.1) is 13.2 Å². The largest absolute Gasteiger partial charge is 0.480 e. The smallest absolute Gasteiger partial charge is 0.329 e. The molecule has 2 aromatic carbocycles. The Morgan fingerprint density at radius 2 is 1.58 bits per heavy atom. The van der Waals surface area contributed by atoms with Crippen molar-refractivity contribution < 1.29 is 33.8 Å². The zero-order valence-electron chi connectivity index (χ0n) is 29.3. The average molecular weight is 848 g/mol. The molecule has 6 N–H and O–H groups in total. The number of ether oxygens (including phenoxy) is 1. The monoisotopic (exact) mass is 845 g/mol. The molecule has 282 valence electrons. The van der Waals surface area contributed by atoms with E-state index in [2.05, 4.69) is 52.7 Å². The van der Waals surface area contributed by atoms with E-state index in [-0.39, 0.29) is 11.8 Å². The molecule has 14 heteroatoms. The Labute approximate surface area is 321 Å². The molecular formula is C38H49Br2N5O7. The minimum atomic E-state index is -1.20. The van der Waals surface area contributed by atoms with Crippen LogP contribution in [0.25, 0.3) is 6.08 Å². The molecule has 0 radical (unpaired) electrons. The third-order valence-electron chi connectivity index (χ3n) is 9.92. The molecule has 0 aromatic heterocycles. The topological polar surface area (TPSA) is 180 Å². The van der Waals surface area contributed by atoms with Crippen LogP contribution in [0.5, 0.6) is 0 Å². The number of carbonyl (C=O) groups excluding carboxylic acids is 4. The molecule has 4 amide bonds. The summed E-state index contributed by atoms with van der Waals surface area (Å²) >= 11 is 6.77. The fraction of sp³-hybridized carbons (Fsp3) is 0.500. The third kappa shape index (κ3) is 11.7. The normalized spacial score (nSPS) is 18.5. The first-order chi connectivity index (χ1) is 24.9. The molecule has 1 atom stereocenters. The van der Waals surface area contributed by atoms with Gasteiger partial charge in [-0.25, -0.2) is 4.79 Å². The molecule has 1 aliphatic heterocycles. The van der Waals surface area contributed by atoms with Crippen LogP contribution in [0.2, 0.25) is 0 Å². The van der Waals surface area contributed by atoms with E-state index in [0.717, 1.165) is 85.0 Å². The molecule has 3 aliphatic rings. The number of morpholine rings is 1. The Morgan fingerprint density at radius 1 is 0.923 bits per heavy atom. The van der Waals surface area contributed by atoms with E-state index in [1.165, 1.54) is 6.08 Å². The summed E-state index contributed by atoms with van der Waals surface area (Å²) in [6.07, 6.45) is 9.31. The first-order valence-electron chi connectivity index (χ1n) is 17.9. The van der Waals surface area contributed by atoms with Crippen LogP contribution in [0.1, 0.15) is 68.9 Å². The highest BCUT2D eigenvalue weighted by Crippen LogP contribution is 2.38. The summed E-state index contributed by atoms with van der Waals surface area (Å²) in [5.41, 5.74) is 5.09. The third-order valence-corrected chi connectivity index (χ3v) is 11.8. The minimum Gasteiger partial charge on any atom is -0.480 e. The number of carbonyl (C=O) groups is 5. The number of hydrogen-bond acceptors (Lipinski definition) is 7. The molecule has 0 spiro atoms. The van der Waals surface area contributed by atoms with Gasteiger partial charge in [-0.05, 0) is 99.8 Å². The van der Waals surface area contributed by atoms with Gasteiger partial charge in [-0.2, -0.15) is 0 Å². The van der Waals surface area contributed by atoms with Crippen LogP contribution in [-0.4, -0.2) is 90.6 Å². The fourth-order valence-corrected chi connectivity index (χ4v) is 7.46. The van der Waals surface area contributed by atoms with E-state index >= 15 is 0 Å². The van der Waals surface area contributed by atoms with Gasteiger partial charge in [-0.1, -0.05) is 62.1 Å². The van der Waals surface area contributed by atoms with Gasteiger partial charge in [0.15, 0.2) is 0 Å². The van der Waals surface area contributed by atoms with Gasteiger partial charge in [0, 0.05) is 41.1 Å². The van der Waals surface area contributed by atoms with Crippen molar-refractivity contribution in [3.8, 4) is 0 Å². The number of amides is 4. The van der Waals surface area contributed by atoms with Crippen LogP contribution in [0.4, 0.5) is 0 Å². The number of nitrogens with zero attached hydrogens (tertiary/aromatic N) is 1. The summed E-state index contributed by atoms with van der Waals surface area (Å²) in [7, 11) is 0. The van der Waals surface area contributed by atoms with Gasteiger partial charge < -0.3 is 31.5 Å². The lowest BCUT2D eigenvalue weighted by atomic mass is 9.84. The maximum atomic E-state index is 13.0. The van der Waals surface area contributed by atoms with E-state index in [1.54, 1.807) is 6.08 Å². The molecule has 2 aliphatic carbocycles. The molecule has 1 heterocycles. The summed E-state index contributed by atoms with van der Waals surface area (Å²) in [4.78, 5) is 63.7. The predicted molar refractivity (Wildman–Crippen MR) is 205 cm³/mol. The van der Waals surface area contributed by atoms with Crippen molar-refractivity contribution in [2.75, 3.05) is 39.4 Å². The second kappa shape index (κ2) is 20.0. The molecular weight excluding hydrogens is 798 g/mol. The van der Waals surface area contributed by atoms with Gasteiger partial charge in [-0.3, -0.25) is 24.1 Å². The van der Waals surface area contributed by atoms with Crippen LogP contribution in [0.3, 0.4) is 0 Å². The minimum absolute atomic E-state index is 0.239. The molecule has 1 saturated heterocycles. The van der Waals surface area contributed by atoms with E-state index in [4.69, 9.17) is 10.5 Å². The van der Waals surface area contributed by atoms with E-state index in [1.807, 2.05) is 48.5 Å². The second-order valence-corrected chi connectivity index (χ2v) is 15.3. The number of aliphatic carboxylic acids is 1. The zero-order valence-corrected chi connectivity index (χ0v) is 32.5. The Hall–Kier alpha value is -3.59. The van der Waals surface area contributed by atoms with Crippen LogP contribution in [0, 0.1) is 5.41 Å². The number of benzene rings is 2. The SMILES string of the molecule is NC(=O)C1(C(=O)NC(Cc2ccccc2)C(=O)NCCCN2CCOCC2)CCCC1.O=C(C=Cc1ccc(Br)c(Br)c1)NC1(C(=O)O)CCCC1. The number of carboxylic acids is 1. The van der Waals surface area contributed by atoms with E-state index < -0.39 is 34.8 Å². The Balaban J connectivity index is 0.000000251. The maximum absolute atomic E-state index is 13.0. The molecule has 2 saturated carbocycles. The summed E-state index contributed by atoms with van der Waals surface area (Å²) in [6.45, 7) is 4.74. The van der Waals surface area contributed by atoms with Crippen molar-refractivity contribution in [1.82, 2.24) is 20.9 Å². The number of nitrogens with two attached hydrogens (primary N) is 1. The first kappa shape index (κ1) is 41.2. The summed E-state index contributed by atoms with van der Waals surface area (Å²) < 4.78 is 7.17. The zero-order chi connectivity index (χ0) is 37.6. The van der Waals surface area contributed by atoms with Gasteiger partial charge in [0.25, 0.3) is 0 Å². The number of halogens is 2. The van der Waals surface area contributed by atoms with Crippen molar-refractivity contribution in [1.29, 1.82) is 0 Å². The van der Waals surface area contributed by atoms with Gasteiger partial charge >= 0.3 is 5.97 Å². The molecule has 1 unspecified atom stereocenters. The van der Waals surface area contributed by atoms with Crippen molar-refractivity contribution in [2.45, 2.75) is 75.8 Å². The van der Waals surface area contributed by atoms with Crippen molar-refractivity contribution in [3.63, 3.8) is 0 Å². The van der Waals surface area contributed by atoms with Gasteiger partial charge in [0.2, 0.25) is 23.6 Å². The predicted octanol–water partition coefficient (Wildman–Crippen LogP) is 4.34. The average Bonchev–Trinajstić information content (AvgIpc) is 3.84. The molecule has 3 fully saturated rings. The molecule has 12 nitrogen and oxygen atoms in total. The molecule has 52 heavy (non-hydrogen) atoms. The summed E-state index contributed by atoms with van der Waals surface area (Å²) in [5.74, 6) is -2.60. The highest BCUT2D eigenvalue weighted by Gasteiger charge is 2.47. The first-order valence-corrected chi connectivity index (χ1v) is 19.4. The lowest BCUT2D eigenvalue weighted by Crippen LogP contribution is -2.55. The molecule has 5 rings (SSSR count). The summed E-state index contributed by atoms with van der Waals surface area (Å²) in [5, 5.41) is 17.7. The van der Waals surface area contributed by atoms with Gasteiger partial charge in [0.1, 0.15) is 17.0 Å². The fourth-order valence-electron chi connectivity index (χ4n) is 6.82. The lowest BCUT2D eigenvalue weighted by Gasteiger charge is -2.28. The number of primary amides is 1. The van der Waals surface area contributed by atoms with Crippen LogP contribution in [-0.2, 0) is 35.1 Å². The van der Waals surface area contributed by atoms with Crippen molar-refractivity contribution >= 4 is 67.5 Å². The van der Waals surface area contributed by atoms with Crippen LogP contribution in [0.15, 0.2) is 63.6 Å². The Kier molecular flexibility index (Phi) is 15.9. The highest BCUT2D eigenvalue weighted by molar-refractivity contribution is 9.13. The number of rotatable bonds is 14. The number of nitrogens with one attached hydrogen (secondary N) is 3. The van der Waals surface area contributed by atoms with Crippen molar-refractivity contribution in [3.05, 3.63) is 74.7 Å². The number of carboxylic acid groups (broad SMARTS) is 1. The Morgan fingerprint density at radius 3 is 2.19 bits per heavy atom. The quantitative estimate of drug-likeness (QED) is 0.106. The maximum Gasteiger partial charge on any atom is 0.329 e. The lowest BCUT2D eigenvalue weighted by molar-refractivity contribution is -0.146. The number of hydrogen-bond donors (Lipinski definition) is 5.